The summed E-state index contributed by atoms with van der Waals surface area (Å²) in [5, 5.41) is 0. The quantitative estimate of drug-likeness (QED) is 0.805. The van der Waals surface area contributed by atoms with E-state index in [1.165, 1.54) is 11.1 Å². The van der Waals surface area contributed by atoms with Gasteiger partial charge in [0.25, 0.3) is 0 Å². The zero-order valence-electron chi connectivity index (χ0n) is 9.49. The molecule has 2 heteroatoms. The maximum absolute atomic E-state index is 6.08. The number of hydrogen-bond donors (Lipinski definition) is 1. The molecule has 1 aliphatic heterocycles. The molecule has 2 N–H and O–H groups in total. The average Bonchev–Trinajstić information content (AvgIpc) is 2.28. The third kappa shape index (κ3) is 1.86. The molecule has 1 aromatic carbocycles. The Hall–Kier alpha value is -1.02. The van der Waals surface area contributed by atoms with Crippen molar-refractivity contribution in [2.75, 3.05) is 6.61 Å². The zero-order valence-corrected chi connectivity index (χ0v) is 9.49. The van der Waals surface area contributed by atoms with Gasteiger partial charge in [0.15, 0.2) is 0 Å². The highest BCUT2D eigenvalue weighted by Crippen LogP contribution is 2.37. The highest BCUT2D eigenvalue weighted by Gasteiger charge is 2.22. The summed E-state index contributed by atoms with van der Waals surface area (Å²) >= 11 is 0. The van der Waals surface area contributed by atoms with Crippen LogP contribution in [0.25, 0.3) is 0 Å². The SMILES string of the molecule is CCC(C)c1cccc2c1OCCC2N. The van der Waals surface area contributed by atoms with Crippen LogP contribution in [0.4, 0.5) is 0 Å². The topological polar surface area (TPSA) is 35.2 Å². The van der Waals surface area contributed by atoms with E-state index in [-0.39, 0.29) is 6.04 Å². The lowest BCUT2D eigenvalue weighted by Gasteiger charge is -2.26. The molecule has 0 radical (unpaired) electrons. The average molecular weight is 205 g/mol. The van der Waals surface area contributed by atoms with Crippen molar-refractivity contribution in [1.82, 2.24) is 0 Å². The molecule has 0 bridgehead atoms. The third-order valence-corrected chi connectivity index (χ3v) is 3.29. The van der Waals surface area contributed by atoms with Crippen LogP contribution >= 0.6 is 0 Å². The minimum atomic E-state index is 0.151. The molecule has 2 nitrogen and oxygen atoms in total. The van der Waals surface area contributed by atoms with E-state index in [4.69, 9.17) is 10.5 Å². The normalized spacial score (nSPS) is 21.7. The summed E-state index contributed by atoms with van der Waals surface area (Å²) in [6, 6.07) is 6.49. The van der Waals surface area contributed by atoms with Crippen LogP contribution in [0.15, 0.2) is 18.2 Å². The molecule has 0 fully saturated rings. The van der Waals surface area contributed by atoms with E-state index in [1.54, 1.807) is 0 Å². The van der Waals surface area contributed by atoms with Crippen molar-refractivity contribution in [3.05, 3.63) is 29.3 Å². The molecular formula is C13H19NO. The van der Waals surface area contributed by atoms with Crippen LogP contribution < -0.4 is 10.5 Å². The van der Waals surface area contributed by atoms with E-state index < -0.39 is 0 Å². The van der Waals surface area contributed by atoms with Crippen LogP contribution in [0.3, 0.4) is 0 Å². The molecule has 0 aliphatic carbocycles. The van der Waals surface area contributed by atoms with E-state index >= 15 is 0 Å². The van der Waals surface area contributed by atoms with Gasteiger partial charge in [-0.1, -0.05) is 32.0 Å². The summed E-state index contributed by atoms with van der Waals surface area (Å²) in [6.45, 7) is 5.19. The Balaban J connectivity index is 2.44. The minimum absolute atomic E-state index is 0.151. The van der Waals surface area contributed by atoms with Gasteiger partial charge in [0.1, 0.15) is 5.75 Å². The van der Waals surface area contributed by atoms with Gasteiger partial charge in [-0.05, 0) is 17.9 Å². The Morgan fingerprint density at radius 3 is 3.07 bits per heavy atom. The van der Waals surface area contributed by atoms with Gasteiger partial charge in [-0.25, -0.2) is 0 Å². The maximum atomic E-state index is 6.08. The molecule has 2 atom stereocenters. The highest BCUT2D eigenvalue weighted by atomic mass is 16.5. The van der Waals surface area contributed by atoms with Crippen LogP contribution in [-0.4, -0.2) is 6.61 Å². The Kier molecular flexibility index (Phi) is 2.96. The van der Waals surface area contributed by atoms with Gasteiger partial charge in [-0.3, -0.25) is 0 Å². The van der Waals surface area contributed by atoms with Gasteiger partial charge in [0.2, 0.25) is 0 Å². The van der Waals surface area contributed by atoms with Crippen LogP contribution in [-0.2, 0) is 0 Å². The summed E-state index contributed by atoms with van der Waals surface area (Å²) in [5.41, 5.74) is 8.57. The van der Waals surface area contributed by atoms with Crippen LogP contribution in [0.1, 0.15) is 49.8 Å². The molecule has 2 rings (SSSR count). The van der Waals surface area contributed by atoms with E-state index in [2.05, 4.69) is 32.0 Å². The Morgan fingerprint density at radius 2 is 2.33 bits per heavy atom. The monoisotopic (exact) mass is 205 g/mol. The summed E-state index contributed by atoms with van der Waals surface area (Å²) in [4.78, 5) is 0. The van der Waals surface area contributed by atoms with E-state index in [9.17, 15) is 0 Å². The van der Waals surface area contributed by atoms with Crippen molar-refractivity contribution in [1.29, 1.82) is 0 Å². The molecule has 1 heterocycles. The minimum Gasteiger partial charge on any atom is -0.493 e. The van der Waals surface area contributed by atoms with Crippen molar-refractivity contribution < 1.29 is 4.74 Å². The molecule has 1 aliphatic rings. The third-order valence-electron chi connectivity index (χ3n) is 3.29. The van der Waals surface area contributed by atoms with Crippen LogP contribution in [0, 0.1) is 0 Å². The summed E-state index contributed by atoms with van der Waals surface area (Å²) in [5.74, 6) is 1.59. The lowest BCUT2D eigenvalue weighted by atomic mass is 9.91. The van der Waals surface area contributed by atoms with Gasteiger partial charge in [-0.2, -0.15) is 0 Å². The van der Waals surface area contributed by atoms with Gasteiger partial charge in [0, 0.05) is 18.0 Å². The smallest absolute Gasteiger partial charge is 0.127 e. The first kappa shape index (κ1) is 10.5. The molecule has 0 aromatic heterocycles. The molecule has 2 unspecified atom stereocenters. The lowest BCUT2D eigenvalue weighted by Crippen LogP contribution is -2.21. The fourth-order valence-electron chi connectivity index (χ4n) is 2.08. The van der Waals surface area contributed by atoms with Crippen molar-refractivity contribution in [2.45, 2.75) is 38.6 Å². The fourth-order valence-corrected chi connectivity index (χ4v) is 2.08. The Bertz CT molecular complexity index is 348. The molecule has 0 amide bonds. The van der Waals surface area contributed by atoms with Crippen molar-refractivity contribution in [3.63, 3.8) is 0 Å². The first-order chi connectivity index (χ1) is 7.24. The fraction of sp³-hybridized carbons (Fsp3) is 0.538. The predicted octanol–water partition coefficient (Wildman–Crippen LogP) is 2.98. The largest absolute Gasteiger partial charge is 0.493 e. The molecule has 0 spiro atoms. The van der Waals surface area contributed by atoms with Crippen molar-refractivity contribution in [3.8, 4) is 5.75 Å². The van der Waals surface area contributed by atoms with Gasteiger partial charge >= 0.3 is 0 Å². The summed E-state index contributed by atoms with van der Waals surface area (Å²) in [7, 11) is 0. The standard InChI is InChI=1S/C13H19NO/c1-3-9(2)10-5-4-6-11-12(14)7-8-15-13(10)11/h4-6,9,12H,3,7-8,14H2,1-2H3. The van der Waals surface area contributed by atoms with Crippen LogP contribution in [0.2, 0.25) is 0 Å². The predicted molar refractivity (Wildman–Crippen MR) is 62.2 cm³/mol. The van der Waals surface area contributed by atoms with Crippen LogP contribution in [0.5, 0.6) is 5.75 Å². The summed E-state index contributed by atoms with van der Waals surface area (Å²) in [6.07, 6.45) is 2.06. The number of rotatable bonds is 2. The number of fused-ring (bicyclic) bond motifs is 1. The molecular weight excluding hydrogens is 186 g/mol. The summed E-state index contributed by atoms with van der Waals surface area (Å²) < 4.78 is 5.77. The second kappa shape index (κ2) is 4.23. The van der Waals surface area contributed by atoms with Gasteiger partial charge < -0.3 is 10.5 Å². The first-order valence-corrected chi connectivity index (χ1v) is 5.75. The zero-order chi connectivity index (χ0) is 10.8. The molecule has 0 saturated heterocycles. The van der Waals surface area contributed by atoms with E-state index in [0.29, 0.717) is 5.92 Å². The Morgan fingerprint density at radius 1 is 1.53 bits per heavy atom. The Labute approximate surface area is 91.4 Å². The first-order valence-electron chi connectivity index (χ1n) is 5.75. The number of para-hydroxylation sites is 1. The number of hydrogen-bond acceptors (Lipinski definition) is 2. The van der Waals surface area contributed by atoms with Crippen molar-refractivity contribution >= 4 is 0 Å². The number of ether oxygens (including phenoxy) is 1. The molecule has 82 valence electrons. The van der Waals surface area contributed by atoms with Gasteiger partial charge in [-0.15, -0.1) is 0 Å². The lowest BCUT2D eigenvalue weighted by molar-refractivity contribution is 0.264. The second-order valence-corrected chi connectivity index (χ2v) is 4.32. The number of nitrogens with two attached hydrogens (primary N) is 1. The molecule has 0 saturated carbocycles. The van der Waals surface area contributed by atoms with E-state index in [0.717, 1.165) is 25.2 Å². The van der Waals surface area contributed by atoms with E-state index in [1.807, 2.05) is 0 Å². The molecule has 1 aromatic rings. The highest BCUT2D eigenvalue weighted by molar-refractivity contribution is 5.46. The number of benzene rings is 1. The maximum Gasteiger partial charge on any atom is 0.127 e. The van der Waals surface area contributed by atoms with Crippen molar-refractivity contribution in [2.24, 2.45) is 5.73 Å². The molecule has 15 heavy (non-hydrogen) atoms. The second-order valence-electron chi connectivity index (χ2n) is 4.32. The van der Waals surface area contributed by atoms with Gasteiger partial charge in [0.05, 0.1) is 6.61 Å².